The number of esters is 1. The third-order valence-corrected chi connectivity index (χ3v) is 4.45. The van der Waals surface area contributed by atoms with Crippen molar-refractivity contribution >= 4 is 23.2 Å². The van der Waals surface area contributed by atoms with Gasteiger partial charge in [-0.2, -0.15) is 0 Å². The van der Waals surface area contributed by atoms with E-state index >= 15 is 0 Å². The summed E-state index contributed by atoms with van der Waals surface area (Å²) in [5.74, 6) is -0.610. The highest BCUT2D eigenvalue weighted by Gasteiger charge is 2.16. The number of benzene rings is 1. The number of thiazole rings is 1. The van der Waals surface area contributed by atoms with E-state index in [0.29, 0.717) is 17.1 Å². The molecule has 1 amide bonds. The number of hydrogen-bond donors (Lipinski definition) is 1. The minimum absolute atomic E-state index is 0.197. The molecule has 1 atom stereocenters. The molecule has 0 fully saturated rings. The molecule has 1 unspecified atom stereocenters. The van der Waals surface area contributed by atoms with E-state index in [0.717, 1.165) is 10.6 Å². The van der Waals surface area contributed by atoms with E-state index in [1.54, 1.807) is 6.92 Å². The molecule has 23 heavy (non-hydrogen) atoms. The number of rotatable bonds is 6. The molecular formula is C17H20N2O3S. The van der Waals surface area contributed by atoms with Crippen molar-refractivity contribution in [3.8, 4) is 0 Å². The average Bonchev–Trinajstić information content (AvgIpc) is 2.89. The second-order valence-corrected chi connectivity index (χ2v) is 6.54. The smallest absolute Gasteiger partial charge is 0.350 e. The van der Waals surface area contributed by atoms with Crippen LogP contribution in [0, 0.1) is 13.8 Å². The van der Waals surface area contributed by atoms with Gasteiger partial charge in [-0.05, 0) is 25.3 Å². The number of aryl methyl sites for hydroxylation is 2. The van der Waals surface area contributed by atoms with Crippen molar-refractivity contribution in [2.24, 2.45) is 0 Å². The monoisotopic (exact) mass is 332 g/mol. The molecule has 6 heteroatoms. The number of hydrogen-bond acceptors (Lipinski definition) is 5. The SMILES string of the molecule is Cc1nc(C)c(C(=O)OCC(=O)NCC(C)c2ccccc2)s1. The molecule has 2 aromatic rings. The molecule has 1 heterocycles. The normalized spacial score (nSPS) is 11.8. The minimum atomic E-state index is -0.501. The van der Waals surface area contributed by atoms with E-state index in [1.807, 2.05) is 44.2 Å². The minimum Gasteiger partial charge on any atom is -0.451 e. The highest BCUT2D eigenvalue weighted by molar-refractivity contribution is 7.13. The molecule has 0 aliphatic rings. The van der Waals surface area contributed by atoms with Crippen LogP contribution in [0.2, 0.25) is 0 Å². The summed E-state index contributed by atoms with van der Waals surface area (Å²) in [6.45, 7) is 5.83. The van der Waals surface area contributed by atoms with Crippen LogP contribution in [0.25, 0.3) is 0 Å². The number of amides is 1. The molecule has 2 rings (SSSR count). The van der Waals surface area contributed by atoms with Crippen LogP contribution in [0.3, 0.4) is 0 Å². The van der Waals surface area contributed by atoms with Gasteiger partial charge >= 0.3 is 5.97 Å². The standard InChI is InChI=1S/C17H20N2O3S/c1-11(14-7-5-4-6-8-14)9-18-15(20)10-22-17(21)16-12(2)19-13(3)23-16/h4-8,11H,9-10H2,1-3H3,(H,18,20). The number of aromatic nitrogens is 1. The van der Waals surface area contributed by atoms with E-state index in [9.17, 15) is 9.59 Å². The maximum absolute atomic E-state index is 11.9. The quantitative estimate of drug-likeness (QED) is 0.826. The lowest BCUT2D eigenvalue weighted by atomic mass is 10.0. The van der Waals surface area contributed by atoms with E-state index in [-0.39, 0.29) is 18.4 Å². The Morgan fingerprint density at radius 2 is 1.96 bits per heavy atom. The zero-order valence-electron chi connectivity index (χ0n) is 13.5. The lowest BCUT2D eigenvalue weighted by Gasteiger charge is -2.13. The van der Waals surface area contributed by atoms with Crippen LogP contribution in [0.5, 0.6) is 0 Å². The van der Waals surface area contributed by atoms with Crippen LogP contribution in [0.15, 0.2) is 30.3 Å². The van der Waals surface area contributed by atoms with E-state index in [1.165, 1.54) is 11.3 Å². The molecule has 0 saturated carbocycles. The van der Waals surface area contributed by atoms with Crippen molar-refractivity contribution in [2.45, 2.75) is 26.7 Å². The lowest BCUT2D eigenvalue weighted by Crippen LogP contribution is -2.31. The van der Waals surface area contributed by atoms with Gasteiger partial charge in [-0.1, -0.05) is 37.3 Å². The van der Waals surface area contributed by atoms with Gasteiger partial charge < -0.3 is 10.1 Å². The molecular weight excluding hydrogens is 312 g/mol. The molecule has 122 valence electrons. The number of carbonyl (C=O) groups is 2. The van der Waals surface area contributed by atoms with Gasteiger partial charge in [-0.15, -0.1) is 11.3 Å². The third kappa shape index (κ3) is 4.89. The highest BCUT2D eigenvalue weighted by Crippen LogP contribution is 2.18. The van der Waals surface area contributed by atoms with Crippen LogP contribution in [0.4, 0.5) is 0 Å². The Bertz CT molecular complexity index is 682. The van der Waals surface area contributed by atoms with Gasteiger partial charge in [0.2, 0.25) is 0 Å². The van der Waals surface area contributed by atoms with Gasteiger partial charge in [0.05, 0.1) is 10.7 Å². The van der Waals surface area contributed by atoms with Crippen LogP contribution in [-0.4, -0.2) is 30.0 Å². The zero-order chi connectivity index (χ0) is 16.8. The molecule has 1 aromatic heterocycles. The van der Waals surface area contributed by atoms with Crippen molar-refractivity contribution in [3.05, 3.63) is 51.5 Å². The zero-order valence-corrected chi connectivity index (χ0v) is 14.3. The second kappa shape index (κ2) is 7.87. The van der Waals surface area contributed by atoms with Crippen molar-refractivity contribution in [2.75, 3.05) is 13.2 Å². The Morgan fingerprint density at radius 3 is 2.57 bits per heavy atom. The molecule has 0 saturated heterocycles. The molecule has 5 nitrogen and oxygen atoms in total. The first-order valence-electron chi connectivity index (χ1n) is 7.40. The Kier molecular flexibility index (Phi) is 5.87. The second-order valence-electron chi connectivity index (χ2n) is 5.34. The van der Waals surface area contributed by atoms with E-state index in [4.69, 9.17) is 4.74 Å². The van der Waals surface area contributed by atoms with Crippen LogP contribution < -0.4 is 5.32 Å². The van der Waals surface area contributed by atoms with Crippen molar-refractivity contribution in [1.29, 1.82) is 0 Å². The molecule has 0 spiro atoms. The number of nitrogens with one attached hydrogen (secondary N) is 1. The van der Waals surface area contributed by atoms with Gasteiger partial charge in [0.15, 0.2) is 6.61 Å². The summed E-state index contributed by atoms with van der Waals surface area (Å²) in [7, 11) is 0. The fourth-order valence-electron chi connectivity index (χ4n) is 2.13. The molecule has 1 aromatic carbocycles. The van der Waals surface area contributed by atoms with Gasteiger partial charge in [0, 0.05) is 6.54 Å². The maximum Gasteiger partial charge on any atom is 0.350 e. The Balaban J connectivity index is 1.77. The predicted octanol–water partition coefficient (Wildman–Crippen LogP) is 2.84. The summed E-state index contributed by atoms with van der Waals surface area (Å²) in [5, 5.41) is 3.58. The number of nitrogens with zero attached hydrogens (tertiary/aromatic N) is 1. The first-order chi connectivity index (χ1) is 11.0. The van der Waals surface area contributed by atoms with Crippen LogP contribution >= 0.6 is 11.3 Å². The molecule has 0 aliphatic heterocycles. The van der Waals surface area contributed by atoms with E-state index < -0.39 is 5.97 Å². The van der Waals surface area contributed by atoms with E-state index in [2.05, 4.69) is 10.3 Å². The maximum atomic E-state index is 11.9. The Labute approximate surface area is 139 Å². The summed E-state index contributed by atoms with van der Waals surface area (Å²) in [6, 6.07) is 9.93. The van der Waals surface area contributed by atoms with Crippen molar-refractivity contribution < 1.29 is 14.3 Å². The first-order valence-corrected chi connectivity index (χ1v) is 8.22. The Hall–Kier alpha value is -2.21. The van der Waals surface area contributed by atoms with Gasteiger partial charge in [0.1, 0.15) is 4.88 Å². The molecule has 0 bridgehead atoms. The van der Waals surface area contributed by atoms with Gasteiger partial charge in [-0.25, -0.2) is 9.78 Å². The number of carbonyl (C=O) groups excluding carboxylic acids is 2. The largest absolute Gasteiger partial charge is 0.451 e. The highest BCUT2D eigenvalue weighted by atomic mass is 32.1. The van der Waals surface area contributed by atoms with Crippen LogP contribution in [0.1, 0.15) is 38.8 Å². The molecule has 0 radical (unpaired) electrons. The first kappa shape index (κ1) is 17.1. The summed E-state index contributed by atoms with van der Waals surface area (Å²) in [5.41, 5.74) is 1.79. The molecule has 1 N–H and O–H groups in total. The van der Waals surface area contributed by atoms with Crippen molar-refractivity contribution in [1.82, 2.24) is 10.3 Å². The fraction of sp³-hybridized carbons (Fsp3) is 0.353. The Morgan fingerprint density at radius 1 is 1.26 bits per heavy atom. The summed E-state index contributed by atoms with van der Waals surface area (Å²) in [6.07, 6.45) is 0. The van der Waals surface area contributed by atoms with Gasteiger partial charge in [0.25, 0.3) is 5.91 Å². The summed E-state index contributed by atoms with van der Waals surface area (Å²) < 4.78 is 5.04. The van der Waals surface area contributed by atoms with Gasteiger partial charge in [-0.3, -0.25) is 4.79 Å². The topological polar surface area (TPSA) is 68.3 Å². The average molecular weight is 332 g/mol. The lowest BCUT2D eigenvalue weighted by molar-refractivity contribution is -0.124. The summed E-state index contributed by atoms with van der Waals surface area (Å²) in [4.78, 5) is 28.3. The van der Waals surface area contributed by atoms with Crippen molar-refractivity contribution in [3.63, 3.8) is 0 Å². The fourth-order valence-corrected chi connectivity index (χ4v) is 2.95. The van der Waals surface area contributed by atoms with Crippen LogP contribution in [-0.2, 0) is 9.53 Å². The molecule has 0 aliphatic carbocycles. The predicted molar refractivity (Wildman–Crippen MR) is 89.7 cm³/mol. The third-order valence-electron chi connectivity index (χ3n) is 3.40. The number of ether oxygens (including phenoxy) is 1. The summed E-state index contributed by atoms with van der Waals surface area (Å²) >= 11 is 1.27.